The van der Waals surface area contributed by atoms with Crippen molar-refractivity contribution in [3.05, 3.63) is 18.2 Å². The van der Waals surface area contributed by atoms with Gasteiger partial charge in [-0.15, -0.1) is 0 Å². The molecule has 0 amide bonds. The molecule has 0 unspecified atom stereocenters. The molecule has 0 saturated carbocycles. The van der Waals surface area contributed by atoms with Crippen molar-refractivity contribution >= 4 is 31.3 Å². The van der Waals surface area contributed by atoms with E-state index in [1.807, 2.05) is 0 Å². The largest absolute Gasteiger partial charge is 0.398 e. The van der Waals surface area contributed by atoms with Crippen molar-refractivity contribution in [2.45, 2.75) is 4.90 Å². The summed E-state index contributed by atoms with van der Waals surface area (Å²) in [4.78, 5) is -0.407. The number of hydrogen-bond donors (Lipinski definition) is 4. The van der Waals surface area contributed by atoms with Gasteiger partial charge in [-0.1, -0.05) is 0 Å². The minimum absolute atomic E-state index is 0.0903. The molecule has 0 spiro atoms. The van der Waals surface area contributed by atoms with E-state index < -0.39 is 31.5 Å². The number of nitrogens with two attached hydrogens (primary N) is 1. The van der Waals surface area contributed by atoms with Crippen LogP contribution in [0.1, 0.15) is 0 Å². The summed E-state index contributed by atoms with van der Waals surface area (Å²) >= 11 is 0. The number of sulfone groups is 1. The number of hydrogen-bond acceptors (Lipinski definition) is 7. The molecule has 0 aliphatic rings. The molecular weight excluding hydrogens is 308 g/mol. The van der Waals surface area contributed by atoms with Gasteiger partial charge in [-0.3, -0.25) is 4.55 Å². The monoisotopic (exact) mass is 324 g/mol. The fourth-order valence-corrected chi connectivity index (χ4v) is 2.98. The van der Waals surface area contributed by atoms with Gasteiger partial charge >= 0.3 is 0 Å². The number of aliphatic hydroxyl groups is 1. The molecule has 0 fully saturated rings. The Morgan fingerprint density at radius 1 is 1.15 bits per heavy atom. The van der Waals surface area contributed by atoms with Gasteiger partial charge in [-0.2, -0.15) is 8.42 Å². The lowest BCUT2D eigenvalue weighted by Gasteiger charge is -2.09. The average Bonchev–Trinajstić information content (AvgIpc) is 2.26. The second-order valence-corrected chi connectivity index (χ2v) is 7.72. The first-order valence-electron chi connectivity index (χ1n) is 5.58. The number of benzene rings is 1. The maximum Gasteiger partial charge on any atom is 0.296 e. The van der Waals surface area contributed by atoms with Gasteiger partial charge in [0.05, 0.1) is 23.8 Å². The molecule has 0 atom stereocenters. The minimum Gasteiger partial charge on any atom is -0.398 e. The van der Waals surface area contributed by atoms with E-state index in [2.05, 4.69) is 5.32 Å². The van der Waals surface area contributed by atoms with Crippen LogP contribution in [-0.4, -0.2) is 51.2 Å². The van der Waals surface area contributed by atoms with Crippen molar-refractivity contribution in [2.24, 2.45) is 0 Å². The van der Waals surface area contributed by atoms with E-state index >= 15 is 0 Å². The van der Waals surface area contributed by atoms with E-state index in [0.29, 0.717) is 5.69 Å². The summed E-state index contributed by atoms with van der Waals surface area (Å²) in [5.41, 5.74) is 5.76. The second-order valence-electron chi connectivity index (χ2n) is 4.03. The molecule has 1 rings (SSSR count). The average molecular weight is 324 g/mol. The van der Waals surface area contributed by atoms with Gasteiger partial charge in [-0.05, 0) is 18.2 Å². The quantitative estimate of drug-likeness (QED) is 0.381. The minimum atomic E-state index is -4.38. The Hall–Kier alpha value is -1.36. The first kappa shape index (κ1) is 16.7. The fraction of sp³-hybridized carbons (Fsp3) is 0.400. The molecule has 0 radical (unpaired) electrons. The zero-order valence-electron chi connectivity index (χ0n) is 10.5. The molecule has 1 aromatic carbocycles. The summed E-state index contributed by atoms with van der Waals surface area (Å²) in [7, 11) is -7.70. The second kappa shape index (κ2) is 6.39. The Labute approximate surface area is 117 Å². The summed E-state index contributed by atoms with van der Waals surface area (Å²) in [5.74, 6) is -0.480. The molecule has 0 saturated heterocycles. The lowest BCUT2D eigenvalue weighted by atomic mass is 10.3. The summed E-state index contributed by atoms with van der Waals surface area (Å²) in [6, 6.07) is 3.76. The third-order valence-corrected chi connectivity index (χ3v) is 4.99. The zero-order chi connectivity index (χ0) is 15.4. The Kier molecular flexibility index (Phi) is 5.34. The fourth-order valence-electron chi connectivity index (χ4n) is 1.49. The molecule has 0 aliphatic heterocycles. The van der Waals surface area contributed by atoms with Crippen LogP contribution in [0.3, 0.4) is 0 Å². The first-order chi connectivity index (χ1) is 9.15. The third kappa shape index (κ3) is 4.96. The van der Waals surface area contributed by atoms with E-state index in [0.717, 1.165) is 6.07 Å². The van der Waals surface area contributed by atoms with Crippen LogP contribution in [0.5, 0.6) is 0 Å². The van der Waals surface area contributed by atoms with Crippen LogP contribution in [0.4, 0.5) is 11.4 Å². The van der Waals surface area contributed by atoms with E-state index in [1.54, 1.807) is 0 Å². The van der Waals surface area contributed by atoms with Gasteiger partial charge in [0, 0.05) is 12.2 Å². The zero-order valence-corrected chi connectivity index (χ0v) is 12.1. The third-order valence-electron chi connectivity index (χ3n) is 2.43. The Balaban J connectivity index is 2.70. The summed E-state index contributed by atoms with van der Waals surface area (Å²) in [5, 5.41) is 11.3. The lowest BCUT2D eigenvalue weighted by Crippen LogP contribution is -2.20. The molecule has 0 aliphatic carbocycles. The van der Waals surface area contributed by atoms with Crippen molar-refractivity contribution in [3.63, 3.8) is 0 Å². The first-order valence-corrected chi connectivity index (χ1v) is 8.84. The normalized spacial score (nSPS) is 12.3. The molecule has 0 heterocycles. The van der Waals surface area contributed by atoms with Crippen molar-refractivity contribution in [2.75, 3.05) is 35.7 Å². The van der Waals surface area contributed by atoms with Crippen LogP contribution in [0, 0.1) is 0 Å². The smallest absolute Gasteiger partial charge is 0.296 e. The van der Waals surface area contributed by atoms with Crippen LogP contribution in [0.15, 0.2) is 23.1 Å². The van der Waals surface area contributed by atoms with E-state index in [4.69, 9.17) is 15.4 Å². The Bertz CT molecular complexity index is 669. The van der Waals surface area contributed by atoms with Crippen LogP contribution < -0.4 is 11.1 Å². The van der Waals surface area contributed by atoms with Crippen molar-refractivity contribution < 1.29 is 26.5 Å². The van der Waals surface area contributed by atoms with Crippen LogP contribution >= 0.6 is 0 Å². The molecule has 10 heteroatoms. The van der Waals surface area contributed by atoms with Gasteiger partial charge in [0.2, 0.25) is 0 Å². The van der Waals surface area contributed by atoms with Crippen molar-refractivity contribution in [1.29, 1.82) is 0 Å². The molecule has 0 bridgehead atoms. The molecular formula is C10H16N2O6S2. The van der Waals surface area contributed by atoms with E-state index in [-0.39, 0.29) is 23.7 Å². The van der Waals surface area contributed by atoms with Crippen LogP contribution in [-0.2, 0) is 20.0 Å². The van der Waals surface area contributed by atoms with E-state index in [9.17, 15) is 16.8 Å². The maximum atomic E-state index is 11.3. The van der Waals surface area contributed by atoms with Gasteiger partial charge in [0.1, 0.15) is 4.90 Å². The van der Waals surface area contributed by atoms with Gasteiger partial charge in [0.25, 0.3) is 10.1 Å². The number of aliphatic hydroxyl groups excluding tert-OH is 1. The number of rotatable bonds is 7. The van der Waals surface area contributed by atoms with Crippen molar-refractivity contribution in [1.82, 2.24) is 0 Å². The van der Waals surface area contributed by atoms with Crippen molar-refractivity contribution in [3.8, 4) is 0 Å². The maximum absolute atomic E-state index is 11.3. The molecule has 114 valence electrons. The van der Waals surface area contributed by atoms with Crippen LogP contribution in [0.2, 0.25) is 0 Å². The number of anilines is 2. The summed E-state index contributed by atoms with van der Waals surface area (Å²) in [6.07, 6.45) is 0. The highest BCUT2D eigenvalue weighted by Gasteiger charge is 2.14. The molecule has 8 nitrogen and oxygen atoms in total. The lowest BCUT2D eigenvalue weighted by molar-refractivity contribution is 0.319. The van der Waals surface area contributed by atoms with Crippen LogP contribution in [0.25, 0.3) is 0 Å². The topological polar surface area (TPSA) is 147 Å². The Morgan fingerprint density at radius 2 is 1.80 bits per heavy atom. The SMILES string of the molecule is Nc1cc(NCCS(=O)(=O)CCO)ccc1S(=O)(=O)O. The predicted molar refractivity (Wildman–Crippen MR) is 74.9 cm³/mol. The highest BCUT2D eigenvalue weighted by atomic mass is 32.2. The highest BCUT2D eigenvalue weighted by Crippen LogP contribution is 2.22. The molecule has 0 aromatic heterocycles. The summed E-state index contributed by atoms with van der Waals surface area (Å²) in [6.45, 7) is -0.342. The number of nitrogen functional groups attached to an aromatic ring is 1. The summed E-state index contributed by atoms with van der Waals surface area (Å²) < 4.78 is 53.4. The Morgan fingerprint density at radius 3 is 2.30 bits per heavy atom. The predicted octanol–water partition coefficient (Wildman–Crippen LogP) is -0.665. The van der Waals surface area contributed by atoms with Gasteiger partial charge in [0.15, 0.2) is 9.84 Å². The van der Waals surface area contributed by atoms with E-state index in [1.165, 1.54) is 12.1 Å². The molecule has 1 aromatic rings. The molecule has 5 N–H and O–H groups in total. The number of nitrogens with one attached hydrogen (secondary N) is 1. The highest BCUT2D eigenvalue weighted by molar-refractivity contribution is 7.91. The molecule has 20 heavy (non-hydrogen) atoms. The van der Waals surface area contributed by atoms with Gasteiger partial charge < -0.3 is 16.2 Å². The standard InChI is InChI=1S/C10H16N2O6S2/c11-9-7-8(1-2-10(9)20(16,17)18)12-3-5-19(14,15)6-4-13/h1-2,7,12-13H,3-6,11H2,(H,16,17,18). The van der Waals surface area contributed by atoms with Gasteiger partial charge in [-0.25, -0.2) is 8.42 Å².